The number of aromatic carboxylic acids is 1. The number of nitriles is 1. The van der Waals surface area contributed by atoms with Crippen LogP contribution < -0.4 is 0 Å². The predicted molar refractivity (Wildman–Crippen MR) is 71.4 cm³/mol. The maximum Gasteiger partial charge on any atom is 0.371 e. The van der Waals surface area contributed by atoms with Crippen molar-refractivity contribution >= 4 is 16.9 Å². The van der Waals surface area contributed by atoms with E-state index in [2.05, 4.69) is 6.07 Å². The van der Waals surface area contributed by atoms with Crippen LogP contribution in [0.25, 0.3) is 10.9 Å². The number of benzene rings is 1. The quantitative estimate of drug-likeness (QED) is 0.790. The summed E-state index contributed by atoms with van der Waals surface area (Å²) in [6, 6.07) is 12.5. The standard InChI is InChI=1S/C15H10N2O3/c16-8-10-1-3-13-11(7-10)5-6-17(13)9-12-2-4-14(20-12)15(18)19/h1-7H,9H2,(H,18,19). The summed E-state index contributed by atoms with van der Waals surface area (Å²) in [5.41, 5.74) is 1.58. The average molecular weight is 266 g/mol. The molecule has 5 heteroatoms. The molecule has 0 atom stereocenters. The van der Waals surface area contributed by atoms with E-state index in [0.717, 1.165) is 10.9 Å². The maximum atomic E-state index is 10.8. The number of rotatable bonds is 3. The number of hydrogen-bond acceptors (Lipinski definition) is 3. The molecule has 0 aliphatic heterocycles. The molecule has 0 radical (unpaired) electrons. The van der Waals surface area contributed by atoms with Gasteiger partial charge >= 0.3 is 5.97 Å². The molecule has 0 spiro atoms. The molecule has 98 valence electrons. The van der Waals surface area contributed by atoms with Crippen molar-refractivity contribution in [3.63, 3.8) is 0 Å². The molecule has 0 aliphatic carbocycles. The second-order valence-corrected chi connectivity index (χ2v) is 4.40. The number of furan rings is 1. The lowest BCUT2D eigenvalue weighted by molar-refractivity contribution is 0.0660. The molecule has 0 saturated carbocycles. The first-order valence-electron chi connectivity index (χ1n) is 5.98. The highest BCUT2D eigenvalue weighted by Gasteiger charge is 2.10. The van der Waals surface area contributed by atoms with Crippen molar-refractivity contribution in [2.45, 2.75) is 6.54 Å². The summed E-state index contributed by atoms with van der Waals surface area (Å²) in [7, 11) is 0. The highest BCUT2D eigenvalue weighted by Crippen LogP contribution is 2.19. The summed E-state index contributed by atoms with van der Waals surface area (Å²) in [5, 5.41) is 18.7. The van der Waals surface area contributed by atoms with Gasteiger partial charge in [0.1, 0.15) is 5.76 Å². The largest absolute Gasteiger partial charge is 0.475 e. The summed E-state index contributed by atoms with van der Waals surface area (Å²) in [6.07, 6.45) is 1.88. The van der Waals surface area contributed by atoms with Gasteiger partial charge in [0.25, 0.3) is 0 Å². The normalized spacial score (nSPS) is 10.6. The van der Waals surface area contributed by atoms with Gasteiger partial charge in [-0.05, 0) is 36.4 Å². The summed E-state index contributed by atoms with van der Waals surface area (Å²) >= 11 is 0. The molecule has 20 heavy (non-hydrogen) atoms. The van der Waals surface area contributed by atoms with E-state index in [1.54, 1.807) is 12.1 Å². The van der Waals surface area contributed by atoms with Crippen LogP contribution in [0.2, 0.25) is 0 Å². The molecule has 1 aromatic carbocycles. The summed E-state index contributed by atoms with van der Waals surface area (Å²) < 4.78 is 7.18. The second-order valence-electron chi connectivity index (χ2n) is 4.40. The van der Waals surface area contributed by atoms with Gasteiger partial charge in [0.15, 0.2) is 0 Å². The van der Waals surface area contributed by atoms with E-state index in [0.29, 0.717) is 17.9 Å². The second kappa shape index (κ2) is 4.59. The van der Waals surface area contributed by atoms with Crippen LogP contribution in [0.15, 0.2) is 47.0 Å². The lowest BCUT2D eigenvalue weighted by Gasteiger charge is -2.02. The highest BCUT2D eigenvalue weighted by molar-refractivity contribution is 5.84. The Labute approximate surface area is 114 Å². The Bertz CT molecular complexity index is 836. The molecule has 0 saturated heterocycles. The fourth-order valence-corrected chi connectivity index (χ4v) is 2.15. The minimum atomic E-state index is -1.08. The zero-order valence-corrected chi connectivity index (χ0v) is 10.4. The molecule has 0 amide bonds. The molecule has 1 N–H and O–H groups in total. The van der Waals surface area contributed by atoms with Crippen LogP contribution in [-0.2, 0) is 6.54 Å². The molecule has 5 nitrogen and oxygen atoms in total. The van der Waals surface area contributed by atoms with Crippen LogP contribution in [0, 0.1) is 11.3 Å². The average Bonchev–Trinajstić information content (AvgIpc) is 3.06. The Morgan fingerprint density at radius 1 is 1.30 bits per heavy atom. The first kappa shape index (κ1) is 12.1. The van der Waals surface area contributed by atoms with E-state index < -0.39 is 5.97 Å². The Hall–Kier alpha value is -3.00. The lowest BCUT2D eigenvalue weighted by Crippen LogP contribution is -1.97. The van der Waals surface area contributed by atoms with Crippen molar-refractivity contribution in [1.82, 2.24) is 4.57 Å². The van der Waals surface area contributed by atoms with Crippen molar-refractivity contribution in [2.75, 3.05) is 0 Å². The van der Waals surface area contributed by atoms with Gasteiger partial charge < -0.3 is 14.1 Å². The van der Waals surface area contributed by atoms with Gasteiger partial charge in [0, 0.05) is 17.1 Å². The predicted octanol–water partition coefficient (Wildman–Crippen LogP) is 2.85. The fraction of sp³-hybridized carbons (Fsp3) is 0.0667. The number of nitrogens with zero attached hydrogens (tertiary/aromatic N) is 2. The van der Waals surface area contributed by atoms with Crippen LogP contribution in [0.3, 0.4) is 0 Å². The van der Waals surface area contributed by atoms with Crippen molar-refractivity contribution in [3.05, 3.63) is 59.7 Å². The van der Waals surface area contributed by atoms with Crippen molar-refractivity contribution in [1.29, 1.82) is 5.26 Å². The number of carbonyl (C=O) groups is 1. The number of fused-ring (bicyclic) bond motifs is 1. The monoisotopic (exact) mass is 266 g/mol. The third kappa shape index (κ3) is 2.04. The van der Waals surface area contributed by atoms with E-state index in [9.17, 15) is 4.79 Å². The van der Waals surface area contributed by atoms with Crippen molar-refractivity contribution in [3.8, 4) is 6.07 Å². The molecule has 0 fully saturated rings. The zero-order valence-electron chi connectivity index (χ0n) is 10.4. The van der Waals surface area contributed by atoms with E-state index >= 15 is 0 Å². The number of aromatic nitrogens is 1. The first-order valence-corrected chi connectivity index (χ1v) is 5.98. The van der Waals surface area contributed by atoms with E-state index in [1.807, 2.05) is 29.0 Å². The summed E-state index contributed by atoms with van der Waals surface area (Å²) in [6.45, 7) is 0.447. The molecular formula is C15H10N2O3. The number of hydrogen-bond donors (Lipinski definition) is 1. The maximum absolute atomic E-state index is 10.8. The Morgan fingerprint density at radius 3 is 2.85 bits per heavy atom. The van der Waals surface area contributed by atoms with Crippen LogP contribution in [-0.4, -0.2) is 15.6 Å². The molecule has 0 aliphatic rings. The van der Waals surface area contributed by atoms with Gasteiger partial charge in [-0.25, -0.2) is 4.79 Å². The van der Waals surface area contributed by atoms with Crippen molar-refractivity contribution < 1.29 is 14.3 Å². The molecule has 3 rings (SSSR count). The van der Waals surface area contributed by atoms with E-state index in [1.165, 1.54) is 6.07 Å². The Balaban J connectivity index is 1.94. The van der Waals surface area contributed by atoms with Gasteiger partial charge in [0.2, 0.25) is 5.76 Å². The molecule has 0 bridgehead atoms. The SMILES string of the molecule is N#Cc1ccc2c(ccn2Cc2ccc(C(=O)O)o2)c1. The van der Waals surface area contributed by atoms with E-state index in [-0.39, 0.29) is 5.76 Å². The molecule has 2 aromatic heterocycles. The fourth-order valence-electron chi connectivity index (χ4n) is 2.15. The van der Waals surface area contributed by atoms with Crippen LogP contribution in [0.5, 0.6) is 0 Å². The molecule has 3 aromatic rings. The first-order chi connectivity index (χ1) is 9.67. The van der Waals surface area contributed by atoms with Gasteiger partial charge in [-0.1, -0.05) is 0 Å². The van der Waals surface area contributed by atoms with Gasteiger partial charge in [0.05, 0.1) is 18.2 Å². The van der Waals surface area contributed by atoms with Gasteiger partial charge in [-0.3, -0.25) is 0 Å². The topological polar surface area (TPSA) is 79.2 Å². The minimum absolute atomic E-state index is 0.0665. The Morgan fingerprint density at radius 2 is 2.15 bits per heavy atom. The third-order valence-corrected chi connectivity index (χ3v) is 3.10. The Kier molecular flexibility index (Phi) is 2.77. The van der Waals surface area contributed by atoms with E-state index in [4.69, 9.17) is 14.8 Å². The molecular weight excluding hydrogens is 256 g/mol. The summed E-state index contributed by atoms with van der Waals surface area (Å²) in [5.74, 6) is -0.570. The number of carboxylic acid groups (broad SMARTS) is 1. The summed E-state index contributed by atoms with van der Waals surface area (Å²) in [4.78, 5) is 10.8. The van der Waals surface area contributed by atoms with Crippen LogP contribution in [0.1, 0.15) is 21.9 Å². The molecule has 0 unspecified atom stereocenters. The smallest absolute Gasteiger partial charge is 0.371 e. The zero-order chi connectivity index (χ0) is 14.1. The molecule has 2 heterocycles. The highest BCUT2D eigenvalue weighted by atomic mass is 16.4. The lowest BCUT2D eigenvalue weighted by atomic mass is 10.2. The van der Waals surface area contributed by atoms with Gasteiger partial charge in [-0.15, -0.1) is 0 Å². The van der Waals surface area contributed by atoms with Crippen LogP contribution in [0.4, 0.5) is 0 Å². The third-order valence-electron chi connectivity index (χ3n) is 3.10. The number of carboxylic acids is 1. The minimum Gasteiger partial charge on any atom is -0.475 e. The van der Waals surface area contributed by atoms with Crippen molar-refractivity contribution in [2.24, 2.45) is 0 Å². The van der Waals surface area contributed by atoms with Crippen LogP contribution >= 0.6 is 0 Å². The van der Waals surface area contributed by atoms with Gasteiger partial charge in [-0.2, -0.15) is 5.26 Å².